The van der Waals surface area contributed by atoms with Crippen LogP contribution >= 0.6 is 0 Å². The molecule has 2 aliphatic rings. The van der Waals surface area contributed by atoms with Gasteiger partial charge >= 0.3 is 0 Å². The van der Waals surface area contributed by atoms with Gasteiger partial charge in [-0.15, -0.1) is 0 Å². The van der Waals surface area contributed by atoms with Gasteiger partial charge in [-0.2, -0.15) is 0 Å². The van der Waals surface area contributed by atoms with Crippen LogP contribution in [0.15, 0.2) is 24.3 Å². The number of nitrogens with one attached hydrogen (secondary N) is 2. The van der Waals surface area contributed by atoms with Crippen molar-refractivity contribution in [1.29, 1.82) is 0 Å². The lowest BCUT2D eigenvalue weighted by Crippen LogP contribution is -2.42. The molecule has 4 nitrogen and oxygen atoms in total. The molecule has 0 spiro atoms. The topological polar surface area (TPSA) is 50.4 Å². The fourth-order valence-corrected chi connectivity index (χ4v) is 3.58. The minimum Gasteiger partial charge on any atom is -0.497 e. The van der Waals surface area contributed by atoms with Crippen molar-refractivity contribution in [1.82, 2.24) is 10.6 Å². The lowest BCUT2D eigenvalue weighted by Gasteiger charge is -2.24. The van der Waals surface area contributed by atoms with Crippen LogP contribution in [0.5, 0.6) is 5.75 Å². The molecule has 21 heavy (non-hydrogen) atoms. The van der Waals surface area contributed by atoms with Gasteiger partial charge in [-0.3, -0.25) is 4.79 Å². The number of carbonyl (C=O) groups is 1. The van der Waals surface area contributed by atoms with E-state index in [0.29, 0.717) is 18.5 Å². The van der Waals surface area contributed by atoms with Gasteiger partial charge in [0.2, 0.25) is 5.91 Å². The average Bonchev–Trinajstić information content (AvgIpc) is 2.97. The summed E-state index contributed by atoms with van der Waals surface area (Å²) in [6.07, 6.45) is 6.13. The van der Waals surface area contributed by atoms with E-state index >= 15 is 0 Å². The Morgan fingerprint density at radius 1 is 1.29 bits per heavy atom. The second kappa shape index (κ2) is 6.48. The number of carbonyl (C=O) groups excluding carboxylic acids is 1. The molecule has 1 aromatic carbocycles. The maximum absolute atomic E-state index is 12.3. The van der Waals surface area contributed by atoms with Crippen molar-refractivity contribution in [3.63, 3.8) is 0 Å². The van der Waals surface area contributed by atoms with E-state index in [4.69, 9.17) is 4.74 Å². The minimum absolute atomic E-state index is 0.00338. The molecule has 3 unspecified atom stereocenters. The number of methoxy groups -OCH3 is 1. The van der Waals surface area contributed by atoms with Gasteiger partial charge in [-0.25, -0.2) is 0 Å². The Kier molecular flexibility index (Phi) is 4.44. The molecule has 0 bridgehead atoms. The molecule has 3 atom stereocenters. The Morgan fingerprint density at radius 2 is 2.05 bits per heavy atom. The van der Waals surface area contributed by atoms with Gasteiger partial charge < -0.3 is 15.4 Å². The summed E-state index contributed by atoms with van der Waals surface area (Å²) in [4.78, 5) is 12.3. The summed E-state index contributed by atoms with van der Waals surface area (Å²) < 4.78 is 5.13. The summed E-state index contributed by atoms with van der Waals surface area (Å²) in [6, 6.07) is 8.38. The summed E-state index contributed by atoms with van der Waals surface area (Å²) in [5.41, 5.74) is 1.10. The Bertz CT molecular complexity index is 472. The van der Waals surface area contributed by atoms with Crippen LogP contribution in [0.2, 0.25) is 0 Å². The number of benzene rings is 1. The number of hydrogen-bond donors (Lipinski definition) is 2. The molecule has 0 radical (unpaired) electrons. The zero-order chi connectivity index (χ0) is 14.7. The molecule has 2 fully saturated rings. The molecule has 1 amide bonds. The highest BCUT2D eigenvalue weighted by molar-refractivity contribution is 5.82. The molecule has 1 saturated heterocycles. The van der Waals surface area contributed by atoms with Gasteiger partial charge in [-0.1, -0.05) is 25.0 Å². The number of amides is 1. The standard InChI is InChI=1S/C17H24N2O2/c1-21-14-8-6-12(7-9-14)11-18-17(20)16-10-13-4-2-3-5-15(13)19-16/h6-9,13,15-16,19H,2-5,10-11H2,1H3,(H,18,20). The van der Waals surface area contributed by atoms with Gasteiger partial charge in [0, 0.05) is 12.6 Å². The van der Waals surface area contributed by atoms with Crippen LogP contribution in [-0.2, 0) is 11.3 Å². The monoisotopic (exact) mass is 288 g/mol. The second-order valence-electron chi connectivity index (χ2n) is 6.17. The Labute approximate surface area is 126 Å². The molecule has 2 N–H and O–H groups in total. The third kappa shape index (κ3) is 3.38. The molecule has 1 aliphatic heterocycles. The highest BCUT2D eigenvalue weighted by atomic mass is 16.5. The van der Waals surface area contributed by atoms with Gasteiger partial charge in [0.15, 0.2) is 0 Å². The van der Waals surface area contributed by atoms with Crippen molar-refractivity contribution in [3.05, 3.63) is 29.8 Å². The van der Waals surface area contributed by atoms with Crippen molar-refractivity contribution < 1.29 is 9.53 Å². The van der Waals surface area contributed by atoms with Crippen LogP contribution in [0, 0.1) is 5.92 Å². The SMILES string of the molecule is COc1ccc(CNC(=O)C2CC3CCCCC3N2)cc1. The van der Waals surface area contributed by atoms with Gasteiger partial charge in [-0.05, 0) is 42.9 Å². The summed E-state index contributed by atoms with van der Waals surface area (Å²) in [7, 11) is 1.65. The van der Waals surface area contributed by atoms with Crippen LogP contribution in [0.3, 0.4) is 0 Å². The molecule has 1 heterocycles. The first-order valence-corrected chi connectivity index (χ1v) is 7.93. The van der Waals surface area contributed by atoms with Crippen LogP contribution in [0.25, 0.3) is 0 Å². The van der Waals surface area contributed by atoms with Crippen molar-refractivity contribution >= 4 is 5.91 Å². The molecular formula is C17H24N2O2. The first kappa shape index (κ1) is 14.4. The van der Waals surface area contributed by atoms with Crippen LogP contribution < -0.4 is 15.4 Å². The van der Waals surface area contributed by atoms with E-state index in [2.05, 4.69) is 10.6 Å². The molecule has 0 aromatic heterocycles. The quantitative estimate of drug-likeness (QED) is 0.893. The van der Waals surface area contributed by atoms with E-state index in [1.54, 1.807) is 7.11 Å². The lowest BCUT2D eigenvalue weighted by molar-refractivity contribution is -0.123. The average molecular weight is 288 g/mol. The zero-order valence-electron chi connectivity index (χ0n) is 12.6. The van der Waals surface area contributed by atoms with Crippen molar-refractivity contribution in [2.75, 3.05) is 7.11 Å². The fourth-order valence-electron chi connectivity index (χ4n) is 3.58. The van der Waals surface area contributed by atoms with Crippen LogP contribution in [0.4, 0.5) is 0 Å². The van der Waals surface area contributed by atoms with Crippen LogP contribution in [0.1, 0.15) is 37.7 Å². The Morgan fingerprint density at radius 3 is 2.76 bits per heavy atom. The number of rotatable bonds is 4. The normalized spacial score (nSPS) is 28.0. The molecule has 1 saturated carbocycles. The maximum atomic E-state index is 12.3. The van der Waals surface area contributed by atoms with E-state index in [9.17, 15) is 4.79 Å². The third-order valence-electron chi connectivity index (χ3n) is 4.81. The van der Waals surface area contributed by atoms with E-state index in [1.165, 1.54) is 25.7 Å². The van der Waals surface area contributed by atoms with Crippen molar-refractivity contribution in [2.45, 2.75) is 50.7 Å². The van der Waals surface area contributed by atoms with Crippen molar-refractivity contribution in [3.8, 4) is 5.75 Å². The Balaban J connectivity index is 1.49. The lowest BCUT2D eigenvalue weighted by atomic mass is 9.85. The summed E-state index contributed by atoms with van der Waals surface area (Å²) in [5, 5.41) is 6.56. The maximum Gasteiger partial charge on any atom is 0.237 e. The minimum atomic E-state index is -0.00338. The predicted octanol–water partition coefficient (Wildman–Crippen LogP) is 2.23. The number of hydrogen-bond acceptors (Lipinski definition) is 3. The highest BCUT2D eigenvalue weighted by Crippen LogP contribution is 2.33. The van der Waals surface area contributed by atoms with Gasteiger partial charge in [0.25, 0.3) is 0 Å². The zero-order valence-corrected chi connectivity index (χ0v) is 12.6. The van der Waals surface area contributed by atoms with Gasteiger partial charge in [0.05, 0.1) is 13.2 Å². The second-order valence-corrected chi connectivity index (χ2v) is 6.17. The third-order valence-corrected chi connectivity index (χ3v) is 4.81. The predicted molar refractivity (Wildman–Crippen MR) is 82.1 cm³/mol. The molecular weight excluding hydrogens is 264 g/mol. The molecule has 3 rings (SSSR count). The molecule has 4 heteroatoms. The first-order valence-electron chi connectivity index (χ1n) is 7.93. The Hall–Kier alpha value is -1.55. The summed E-state index contributed by atoms with van der Waals surface area (Å²) in [6.45, 7) is 0.580. The smallest absolute Gasteiger partial charge is 0.237 e. The first-order chi connectivity index (χ1) is 10.3. The van der Waals surface area contributed by atoms with E-state index in [1.807, 2.05) is 24.3 Å². The van der Waals surface area contributed by atoms with E-state index in [0.717, 1.165) is 17.7 Å². The fraction of sp³-hybridized carbons (Fsp3) is 0.588. The largest absolute Gasteiger partial charge is 0.497 e. The molecule has 1 aromatic rings. The van der Waals surface area contributed by atoms with Crippen LogP contribution in [-0.4, -0.2) is 25.1 Å². The highest BCUT2D eigenvalue weighted by Gasteiger charge is 2.37. The van der Waals surface area contributed by atoms with E-state index < -0.39 is 0 Å². The molecule has 1 aliphatic carbocycles. The summed E-state index contributed by atoms with van der Waals surface area (Å²) >= 11 is 0. The number of fused-ring (bicyclic) bond motifs is 1. The molecule has 114 valence electrons. The van der Waals surface area contributed by atoms with E-state index in [-0.39, 0.29) is 11.9 Å². The summed E-state index contributed by atoms with van der Waals surface area (Å²) in [5.74, 6) is 1.68. The van der Waals surface area contributed by atoms with Crippen molar-refractivity contribution in [2.24, 2.45) is 5.92 Å². The van der Waals surface area contributed by atoms with Gasteiger partial charge in [0.1, 0.15) is 5.75 Å². The number of ether oxygens (including phenoxy) is 1.